The zero-order chi connectivity index (χ0) is 16.8. The zero-order valence-corrected chi connectivity index (χ0v) is 14.9. The molecule has 0 saturated heterocycles. The Morgan fingerprint density at radius 3 is 2.48 bits per heavy atom. The number of ether oxygens (including phenoxy) is 2. The summed E-state index contributed by atoms with van der Waals surface area (Å²) in [6.07, 6.45) is 1.40. The van der Waals surface area contributed by atoms with Crippen molar-refractivity contribution in [3.8, 4) is 16.9 Å². The van der Waals surface area contributed by atoms with Crippen molar-refractivity contribution in [3.05, 3.63) is 41.5 Å². The lowest BCUT2D eigenvalue weighted by Crippen LogP contribution is -2.09. The second kappa shape index (κ2) is 8.25. The Balaban J connectivity index is 2.39. The molecular formula is C19H24O3S. The molecule has 0 radical (unpaired) electrons. The van der Waals surface area contributed by atoms with Crippen LogP contribution in [0.1, 0.15) is 38.3 Å². The Morgan fingerprint density at radius 2 is 1.87 bits per heavy atom. The van der Waals surface area contributed by atoms with E-state index in [1.165, 1.54) is 5.56 Å². The van der Waals surface area contributed by atoms with Crippen molar-refractivity contribution >= 4 is 18.8 Å². The summed E-state index contributed by atoms with van der Waals surface area (Å²) in [4.78, 5) is 11.7. The van der Waals surface area contributed by atoms with E-state index in [1.807, 2.05) is 18.2 Å². The van der Waals surface area contributed by atoms with Crippen LogP contribution in [0.5, 0.6) is 5.75 Å². The number of aryl methyl sites for hydroxylation is 1. The molecule has 2 aliphatic carbocycles. The molecule has 0 heterocycles. The summed E-state index contributed by atoms with van der Waals surface area (Å²) < 4.78 is 10.3. The fourth-order valence-corrected chi connectivity index (χ4v) is 2.71. The highest BCUT2D eigenvalue weighted by Crippen LogP contribution is 2.39. The van der Waals surface area contributed by atoms with Gasteiger partial charge in [-0.3, -0.25) is 0 Å². The van der Waals surface area contributed by atoms with E-state index in [1.54, 1.807) is 6.92 Å². The van der Waals surface area contributed by atoms with Crippen molar-refractivity contribution in [2.24, 2.45) is 5.92 Å². The predicted octanol–water partition coefficient (Wildman–Crippen LogP) is 5.35. The maximum Gasteiger partial charge on any atom is 0.513 e. The summed E-state index contributed by atoms with van der Waals surface area (Å²) in [5, 5.41) is 0. The Bertz CT molecular complexity index is 637. The Hall–Kier alpha value is -1.68. The lowest BCUT2D eigenvalue weighted by atomic mass is 10.0. The maximum atomic E-state index is 11.7. The Morgan fingerprint density at radius 1 is 1.17 bits per heavy atom. The van der Waals surface area contributed by atoms with Crippen LogP contribution in [0.4, 0.5) is 4.79 Å². The molecule has 0 aromatic rings. The average Bonchev–Trinajstić information content (AvgIpc) is 2.69. The first kappa shape index (κ1) is 17.7. The minimum atomic E-state index is -0.657. The number of thiol groups is 1. The molecule has 0 unspecified atom stereocenters. The zero-order valence-electron chi connectivity index (χ0n) is 14.0. The van der Waals surface area contributed by atoms with Gasteiger partial charge in [0.2, 0.25) is 0 Å². The maximum absolute atomic E-state index is 11.7. The van der Waals surface area contributed by atoms with E-state index in [9.17, 15) is 4.79 Å². The summed E-state index contributed by atoms with van der Waals surface area (Å²) in [7, 11) is 0. The van der Waals surface area contributed by atoms with Crippen LogP contribution in [0.3, 0.4) is 0 Å². The minimum Gasteiger partial charge on any atom is -0.434 e. The lowest BCUT2D eigenvalue weighted by Gasteiger charge is -2.04. The molecule has 0 bridgehead atoms. The molecule has 0 atom stereocenters. The molecule has 0 N–H and O–H groups in total. The summed E-state index contributed by atoms with van der Waals surface area (Å²) in [5.74, 6) is 1.87. The second-order valence-corrected chi connectivity index (χ2v) is 6.29. The first-order chi connectivity index (χ1) is 11.0. The van der Waals surface area contributed by atoms with Crippen LogP contribution in [0, 0.1) is 5.92 Å². The van der Waals surface area contributed by atoms with Gasteiger partial charge in [0.25, 0.3) is 0 Å². The molecule has 0 aromatic heterocycles. The standard InChI is InChI=1S/C19H24O3S/c1-4-21-19(20)22-18-11-15(8-5-13(2)3)16-9-6-14(12-23)7-10-17(16)18/h6-7,9-11,13,23H,4-5,8,12H2,1-3H3. The Kier molecular flexibility index (Phi) is 6.34. The van der Waals surface area contributed by atoms with Crippen LogP contribution in [0.2, 0.25) is 0 Å². The smallest absolute Gasteiger partial charge is 0.434 e. The van der Waals surface area contributed by atoms with Crippen LogP contribution in [-0.2, 0) is 16.9 Å². The van der Waals surface area contributed by atoms with Crippen LogP contribution in [0.25, 0.3) is 11.1 Å². The van der Waals surface area contributed by atoms with E-state index < -0.39 is 6.16 Å². The summed E-state index contributed by atoms with van der Waals surface area (Å²) in [6.45, 7) is 6.48. The Labute approximate surface area is 143 Å². The van der Waals surface area contributed by atoms with Crippen molar-refractivity contribution in [3.63, 3.8) is 0 Å². The molecule has 0 fully saturated rings. The van der Waals surface area contributed by atoms with Crippen LogP contribution in [0.15, 0.2) is 30.3 Å². The molecule has 0 aliphatic heterocycles. The molecule has 0 saturated carbocycles. The van der Waals surface area contributed by atoms with Crippen LogP contribution < -0.4 is 4.74 Å². The van der Waals surface area contributed by atoms with E-state index in [0.717, 1.165) is 29.5 Å². The van der Waals surface area contributed by atoms with E-state index in [0.29, 0.717) is 24.0 Å². The highest BCUT2D eigenvalue weighted by molar-refractivity contribution is 7.79. The molecule has 0 aromatic carbocycles. The molecule has 3 nitrogen and oxygen atoms in total. The van der Waals surface area contributed by atoms with E-state index in [4.69, 9.17) is 9.47 Å². The topological polar surface area (TPSA) is 35.5 Å². The average molecular weight is 332 g/mol. The molecular weight excluding hydrogens is 308 g/mol. The highest BCUT2D eigenvalue weighted by Gasteiger charge is 2.19. The fraction of sp³-hybridized carbons (Fsp3) is 0.421. The van der Waals surface area contributed by atoms with E-state index >= 15 is 0 Å². The van der Waals surface area contributed by atoms with E-state index in [-0.39, 0.29) is 0 Å². The molecule has 0 amide bonds. The van der Waals surface area contributed by atoms with Crippen molar-refractivity contribution in [1.29, 1.82) is 0 Å². The van der Waals surface area contributed by atoms with Crippen molar-refractivity contribution in [2.45, 2.75) is 39.4 Å². The largest absolute Gasteiger partial charge is 0.513 e. The summed E-state index contributed by atoms with van der Waals surface area (Å²) in [5.41, 5.74) is 4.39. The van der Waals surface area contributed by atoms with Gasteiger partial charge >= 0.3 is 6.16 Å². The van der Waals surface area contributed by atoms with Gasteiger partial charge in [-0.25, -0.2) is 4.79 Å². The van der Waals surface area contributed by atoms with Crippen molar-refractivity contribution in [2.75, 3.05) is 6.61 Å². The van der Waals surface area contributed by atoms with Gasteiger partial charge < -0.3 is 9.47 Å². The number of hydrogen-bond acceptors (Lipinski definition) is 4. The number of carbonyl (C=O) groups excluding carboxylic acids is 1. The van der Waals surface area contributed by atoms with Gasteiger partial charge in [0, 0.05) is 11.3 Å². The normalized spacial score (nSPS) is 11.0. The van der Waals surface area contributed by atoms with Gasteiger partial charge in [0.05, 0.1) is 6.61 Å². The summed E-state index contributed by atoms with van der Waals surface area (Å²) in [6, 6.07) is 10.1. The molecule has 0 spiro atoms. The number of hydrogen-bond donors (Lipinski definition) is 1. The quantitative estimate of drug-likeness (QED) is 0.572. The highest BCUT2D eigenvalue weighted by atomic mass is 32.1. The molecule has 2 aliphatic rings. The van der Waals surface area contributed by atoms with Crippen molar-refractivity contribution in [1.82, 2.24) is 0 Å². The van der Waals surface area contributed by atoms with Crippen LogP contribution >= 0.6 is 12.6 Å². The lowest BCUT2D eigenvalue weighted by molar-refractivity contribution is 0.104. The molecule has 2 rings (SSSR count). The van der Waals surface area contributed by atoms with Gasteiger partial charge in [0.15, 0.2) is 0 Å². The monoisotopic (exact) mass is 332 g/mol. The van der Waals surface area contributed by atoms with Crippen LogP contribution in [-0.4, -0.2) is 12.8 Å². The predicted molar refractivity (Wildman–Crippen MR) is 96.6 cm³/mol. The summed E-state index contributed by atoms with van der Waals surface area (Å²) >= 11 is 4.33. The minimum absolute atomic E-state index is 0.301. The first-order valence-electron chi connectivity index (χ1n) is 8.05. The van der Waals surface area contributed by atoms with Gasteiger partial charge in [-0.15, -0.1) is 0 Å². The third-order valence-corrected chi connectivity index (χ3v) is 4.13. The second-order valence-electron chi connectivity index (χ2n) is 5.98. The van der Waals surface area contributed by atoms with Crippen molar-refractivity contribution < 1.29 is 14.3 Å². The molecule has 4 heteroatoms. The third-order valence-electron chi connectivity index (χ3n) is 3.76. The number of fused-ring (bicyclic) bond motifs is 1. The van der Waals surface area contributed by atoms with Gasteiger partial charge in [-0.2, -0.15) is 12.6 Å². The van der Waals surface area contributed by atoms with Gasteiger partial charge in [-0.1, -0.05) is 38.1 Å². The van der Waals surface area contributed by atoms with Gasteiger partial charge in [-0.05, 0) is 48.4 Å². The molecule has 124 valence electrons. The molecule has 23 heavy (non-hydrogen) atoms. The van der Waals surface area contributed by atoms with E-state index in [2.05, 4.69) is 38.6 Å². The SMILES string of the molecule is CCOC(=O)Oc1cc(CCC(C)C)c2ccc(CS)ccc1-2. The number of carbonyl (C=O) groups is 1. The fourth-order valence-electron chi connectivity index (χ4n) is 2.50. The third kappa shape index (κ3) is 4.64. The van der Waals surface area contributed by atoms with Gasteiger partial charge in [0.1, 0.15) is 5.75 Å². The number of rotatable bonds is 6. The first-order valence-corrected chi connectivity index (χ1v) is 8.68.